The summed E-state index contributed by atoms with van der Waals surface area (Å²) in [6.45, 7) is 1.91. The minimum absolute atomic E-state index is 0.233. The summed E-state index contributed by atoms with van der Waals surface area (Å²) in [4.78, 5) is 26.3. The van der Waals surface area contributed by atoms with E-state index in [0.29, 0.717) is 23.3 Å². The first kappa shape index (κ1) is 15.3. The number of aromatic amines is 1. The Hall–Kier alpha value is -3.02. The molecule has 0 atom stereocenters. The first-order chi connectivity index (χ1) is 12.7. The van der Waals surface area contributed by atoms with Crippen LogP contribution in [0.5, 0.6) is 0 Å². The van der Waals surface area contributed by atoms with Crippen LogP contribution in [-0.2, 0) is 0 Å². The Morgan fingerprint density at radius 2 is 1.92 bits per heavy atom. The minimum Gasteiger partial charge on any atom is -0.300 e. The van der Waals surface area contributed by atoms with E-state index in [1.807, 2.05) is 37.3 Å². The fourth-order valence-corrected chi connectivity index (χ4v) is 4.05. The first-order valence-corrected chi connectivity index (χ1v) is 9.05. The molecule has 1 N–H and O–H groups in total. The number of rotatable bonds is 2. The molecular weight excluding hydrogens is 326 g/mol. The van der Waals surface area contributed by atoms with Gasteiger partial charge < -0.3 is 5.10 Å². The maximum Gasteiger partial charge on any atom is 0.284 e. The molecule has 1 saturated carbocycles. The number of aryl methyl sites for hydroxylation is 1. The van der Waals surface area contributed by atoms with Crippen LogP contribution in [0.15, 0.2) is 41.3 Å². The van der Waals surface area contributed by atoms with Crippen LogP contribution in [0.1, 0.15) is 37.4 Å². The predicted octanol–water partition coefficient (Wildman–Crippen LogP) is 3.71. The van der Waals surface area contributed by atoms with Crippen LogP contribution in [0.4, 0.5) is 0 Å². The minimum atomic E-state index is -0.233. The molecule has 130 valence electrons. The van der Waals surface area contributed by atoms with E-state index in [4.69, 9.17) is 4.98 Å². The van der Waals surface area contributed by atoms with Gasteiger partial charge in [-0.1, -0.05) is 31.0 Å². The van der Waals surface area contributed by atoms with Crippen molar-refractivity contribution in [2.45, 2.75) is 38.6 Å². The fraction of sp³-hybridized carbons (Fsp3) is 0.300. The van der Waals surface area contributed by atoms with Crippen LogP contribution in [0, 0.1) is 6.92 Å². The molecule has 1 aromatic carbocycles. The molecule has 0 bridgehead atoms. The van der Waals surface area contributed by atoms with Gasteiger partial charge in [-0.3, -0.25) is 14.5 Å². The molecule has 2 aromatic rings. The SMILES string of the molecule is Cc1[nH]n(C2CCCC2)c2nc(-c3cccc4cccnc34)nc(=O)c1-2. The molecule has 0 amide bonds. The summed E-state index contributed by atoms with van der Waals surface area (Å²) in [5, 5.41) is 4.36. The topological polar surface area (TPSA) is 76.5 Å². The van der Waals surface area contributed by atoms with Gasteiger partial charge in [0.2, 0.25) is 0 Å². The van der Waals surface area contributed by atoms with Crippen molar-refractivity contribution in [3.05, 3.63) is 52.6 Å². The Balaban J connectivity index is 1.77. The Bertz CT molecular complexity index is 1130. The quantitative estimate of drug-likeness (QED) is 0.601. The number of H-pyrrole nitrogens is 1. The van der Waals surface area contributed by atoms with Gasteiger partial charge in [-0.15, -0.1) is 0 Å². The number of benzene rings is 1. The van der Waals surface area contributed by atoms with Crippen molar-refractivity contribution in [2.24, 2.45) is 0 Å². The van der Waals surface area contributed by atoms with E-state index in [1.165, 1.54) is 12.8 Å². The number of aromatic nitrogens is 5. The molecule has 26 heavy (non-hydrogen) atoms. The van der Waals surface area contributed by atoms with E-state index in [2.05, 4.69) is 19.7 Å². The smallest absolute Gasteiger partial charge is 0.284 e. The Morgan fingerprint density at radius 1 is 1.12 bits per heavy atom. The molecule has 0 unspecified atom stereocenters. The second-order valence-corrected chi connectivity index (χ2v) is 6.98. The fourth-order valence-electron chi connectivity index (χ4n) is 4.05. The monoisotopic (exact) mass is 345 g/mol. The maximum absolute atomic E-state index is 12.8. The second-order valence-electron chi connectivity index (χ2n) is 6.98. The van der Waals surface area contributed by atoms with Gasteiger partial charge >= 0.3 is 0 Å². The lowest BCUT2D eigenvalue weighted by Crippen LogP contribution is -2.17. The first-order valence-electron chi connectivity index (χ1n) is 9.05. The van der Waals surface area contributed by atoms with Crippen molar-refractivity contribution in [2.75, 3.05) is 0 Å². The summed E-state index contributed by atoms with van der Waals surface area (Å²) in [7, 11) is 0. The third-order valence-electron chi connectivity index (χ3n) is 5.31. The van der Waals surface area contributed by atoms with E-state index in [9.17, 15) is 4.79 Å². The molecule has 0 radical (unpaired) electrons. The highest BCUT2D eigenvalue weighted by molar-refractivity contribution is 5.91. The summed E-state index contributed by atoms with van der Waals surface area (Å²) < 4.78 is 2.07. The molecule has 1 fully saturated rings. The Kier molecular flexibility index (Phi) is 3.38. The Morgan fingerprint density at radius 3 is 2.77 bits per heavy atom. The number of para-hydroxylation sites is 1. The van der Waals surface area contributed by atoms with Gasteiger partial charge in [0.25, 0.3) is 5.56 Å². The van der Waals surface area contributed by atoms with Crippen LogP contribution in [0.2, 0.25) is 0 Å². The molecule has 2 aliphatic heterocycles. The van der Waals surface area contributed by atoms with Gasteiger partial charge in [0, 0.05) is 22.8 Å². The van der Waals surface area contributed by atoms with Crippen LogP contribution in [-0.4, -0.2) is 24.7 Å². The molecule has 3 aliphatic rings. The zero-order valence-electron chi connectivity index (χ0n) is 14.6. The van der Waals surface area contributed by atoms with Gasteiger partial charge in [-0.05, 0) is 31.9 Å². The summed E-state index contributed by atoms with van der Waals surface area (Å²) in [6, 6.07) is 10.2. The van der Waals surface area contributed by atoms with E-state index in [1.54, 1.807) is 6.20 Å². The average Bonchev–Trinajstić information content (AvgIpc) is 3.29. The number of nitrogens with zero attached hydrogens (tertiary/aromatic N) is 4. The Labute approximate surface area is 150 Å². The number of hydrogen-bond donors (Lipinski definition) is 1. The highest BCUT2D eigenvalue weighted by atomic mass is 16.1. The summed E-state index contributed by atoms with van der Waals surface area (Å²) in [5.41, 5.74) is 2.80. The van der Waals surface area contributed by atoms with E-state index < -0.39 is 0 Å². The van der Waals surface area contributed by atoms with Gasteiger partial charge in [0.1, 0.15) is 5.56 Å². The highest BCUT2D eigenvalue weighted by Gasteiger charge is 2.27. The normalized spacial score (nSPS) is 15.3. The van der Waals surface area contributed by atoms with Crippen LogP contribution >= 0.6 is 0 Å². The summed E-state index contributed by atoms with van der Waals surface area (Å²) in [5.74, 6) is 1.15. The molecular formula is C20H19N5O. The summed E-state index contributed by atoms with van der Waals surface area (Å²) >= 11 is 0. The number of hydrogen-bond acceptors (Lipinski definition) is 4. The zero-order valence-corrected chi connectivity index (χ0v) is 14.6. The van der Waals surface area contributed by atoms with Gasteiger partial charge in [0.15, 0.2) is 11.6 Å². The maximum atomic E-state index is 12.8. The van der Waals surface area contributed by atoms with Crippen molar-refractivity contribution in [3.8, 4) is 22.8 Å². The van der Waals surface area contributed by atoms with Gasteiger partial charge in [-0.25, -0.2) is 4.98 Å². The number of fused-ring (bicyclic) bond motifs is 2. The standard InChI is InChI=1S/C20H19N5O/c1-12-16-19(25(24-12)14-8-2-3-9-14)22-18(23-20(16)26)15-10-4-6-13-7-5-11-21-17(13)15/h4-7,10-11,14,24H,2-3,8-9H2,1H3. The molecule has 3 heterocycles. The van der Waals surface area contributed by atoms with Crippen molar-refractivity contribution in [1.82, 2.24) is 24.7 Å². The predicted molar refractivity (Wildman–Crippen MR) is 100 cm³/mol. The highest BCUT2D eigenvalue weighted by Crippen LogP contribution is 2.34. The van der Waals surface area contributed by atoms with E-state index in [-0.39, 0.29) is 5.56 Å². The van der Waals surface area contributed by atoms with Crippen molar-refractivity contribution in [3.63, 3.8) is 0 Å². The molecule has 5 rings (SSSR count). The van der Waals surface area contributed by atoms with Crippen molar-refractivity contribution in [1.29, 1.82) is 0 Å². The molecule has 0 saturated heterocycles. The van der Waals surface area contributed by atoms with E-state index in [0.717, 1.165) is 35.0 Å². The lowest BCUT2D eigenvalue weighted by Gasteiger charge is -2.14. The lowest BCUT2D eigenvalue weighted by molar-refractivity contribution is 0.466. The molecule has 6 nitrogen and oxygen atoms in total. The average molecular weight is 345 g/mol. The van der Waals surface area contributed by atoms with Crippen LogP contribution in [0.25, 0.3) is 33.7 Å². The van der Waals surface area contributed by atoms with Crippen LogP contribution in [0.3, 0.4) is 0 Å². The third kappa shape index (κ3) is 2.25. The second kappa shape index (κ2) is 5.76. The zero-order chi connectivity index (χ0) is 17.7. The van der Waals surface area contributed by atoms with Crippen molar-refractivity contribution >= 4 is 10.9 Å². The largest absolute Gasteiger partial charge is 0.300 e. The number of nitrogens with one attached hydrogen (secondary N) is 1. The van der Waals surface area contributed by atoms with Gasteiger partial charge in [0.05, 0.1) is 11.6 Å². The molecule has 0 spiro atoms. The number of pyridine rings is 1. The third-order valence-corrected chi connectivity index (χ3v) is 5.31. The summed E-state index contributed by atoms with van der Waals surface area (Å²) in [6.07, 6.45) is 6.41. The lowest BCUT2D eigenvalue weighted by atomic mass is 10.1. The molecule has 1 aliphatic carbocycles. The molecule has 1 aromatic heterocycles. The molecule has 6 heteroatoms. The van der Waals surface area contributed by atoms with Crippen LogP contribution < -0.4 is 5.56 Å². The van der Waals surface area contributed by atoms with E-state index >= 15 is 0 Å². The van der Waals surface area contributed by atoms with Crippen molar-refractivity contribution < 1.29 is 0 Å². The van der Waals surface area contributed by atoms with Gasteiger partial charge in [-0.2, -0.15) is 4.98 Å².